The lowest BCUT2D eigenvalue weighted by Crippen LogP contribution is -2.50. The number of ether oxygens (including phenoxy) is 1. The monoisotopic (exact) mass is 266 g/mol. The molecule has 1 fully saturated rings. The van der Waals surface area contributed by atoms with E-state index in [1.54, 1.807) is 6.07 Å². The predicted molar refractivity (Wildman–Crippen MR) is 69.2 cm³/mol. The summed E-state index contributed by atoms with van der Waals surface area (Å²) in [5, 5.41) is 9.10. The Morgan fingerprint density at radius 3 is 2.89 bits per heavy atom. The molecule has 1 aliphatic heterocycles. The second-order valence-electron chi connectivity index (χ2n) is 5.01. The van der Waals surface area contributed by atoms with E-state index in [0.717, 1.165) is 0 Å². The lowest BCUT2D eigenvalue weighted by atomic mass is 10.0. The van der Waals surface area contributed by atoms with Gasteiger partial charge in [0.1, 0.15) is 17.7 Å². The summed E-state index contributed by atoms with van der Waals surface area (Å²) in [7, 11) is 0. The number of carboxylic acid groups (broad SMARTS) is 1. The van der Waals surface area contributed by atoms with Gasteiger partial charge in [-0.15, -0.1) is 0 Å². The summed E-state index contributed by atoms with van der Waals surface area (Å²) in [6.45, 7) is 4.61. The van der Waals surface area contributed by atoms with Crippen LogP contribution in [0, 0.1) is 0 Å². The molecule has 1 aromatic rings. The van der Waals surface area contributed by atoms with Crippen LogP contribution in [0.4, 0.5) is 5.82 Å². The van der Waals surface area contributed by atoms with Crippen LogP contribution in [0.3, 0.4) is 0 Å². The molecule has 7 nitrogen and oxygen atoms in total. The molecule has 0 saturated carbocycles. The van der Waals surface area contributed by atoms with E-state index < -0.39 is 11.5 Å². The highest BCUT2D eigenvalue weighted by Crippen LogP contribution is 2.25. The number of aliphatic carboxylic acids is 1. The first-order valence-electron chi connectivity index (χ1n) is 6.17. The fraction of sp³-hybridized carbons (Fsp3) is 0.583. The maximum Gasteiger partial charge on any atom is 0.325 e. The Labute approximate surface area is 111 Å². The highest BCUT2D eigenvalue weighted by atomic mass is 16.5. The number of carbonyl (C=O) groups is 1. The zero-order chi connectivity index (χ0) is 14.0. The van der Waals surface area contributed by atoms with Crippen molar-refractivity contribution in [1.29, 1.82) is 0 Å². The van der Waals surface area contributed by atoms with E-state index >= 15 is 0 Å². The van der Waals surface area contributed by atoms with Crippen molar-refractivity contribution in [2.45, 2.75) is 31.9 Å². The van der Waals surface area contributed by atoms with E-state index in [1.807, 2.05) is 18.7 Å². The number of hydrogen-bond acceptors (Lipinski definition) is 6. The molecule has 0 amide bonds. The molecule has 2 heterocycles. The third-order valence-electron chi connectivity index (χ3n) is 3.03. The lowest BCUT2D eigenvalue weighted by molar-refractivity contribution is -0.142. The van der Waals surface area contributed by atoms with Gasteiger partial charge in [-0.2, -0.15) is 0 Å². The average Bonchev–Trinajstić information content (AvgIpc) is 2.73. The number of carboxylic acids is 1. The Morgan fingerprint density at radius 1 is 1.58 bits per heavy atom. The molecule has 0 radical (unpaired) electrons. The van der Waals surface area contributed by atoms with Crippen LogP contribution >= 0.6 is 0 Å². The standard InChI is InChI=1S/C12H18N4O3/c1-8(2)19-10-5-9(14-7-15-10)16-4-3-12(13,6-16)11(17)18/h5,7-8H,3-4,6,13H2,1-2H3,(H,17,18). The van der Waals surface area contributed by atoms with Crippen molar-refractivity contribution in [3.8, 4) is 5.88 Å². The third kappa shape index (κ3) is 2.93. The van der Waals surface area contributed by atoms with Gasteiger partial charge in [-0.3, -0.25) is 4.79 Å². The summed E-state index contributed by atoms with van der Waals surface area (Å²) in [6.07, 6.45) is 1.82. The molecule has 1 aliphatic rings. The molecule has 0 bridgehead atoms. The highest BCUT2D eigenvalue weighted by molar-refractivity contribution is 5.80. The number of nitrogens with zero attached hydrogens (tertiary/aromatic N) is 3. The van der Waals surface area contributed by atoms with Gasteiger partial charge >= 0.3 is 5.97 Å². The second kappa shape index (κ2) is 5.00. The first kappa shape index (κ1) is 13.5. The number of aromatic nitrogens is 2. The molecule has 1 saturated heterocycles. The van der Waals surface area contributed by atoms with E-state index in [2.05, 4.69) is 9.97 Å². The fourth-order valence-electron chi connectivity index (χ4n) is 2.01. The van der Waals surface area contributed by atoms with Crippen LogP contribution in [0.15, 0.2) is 12.4 Å². The van der Waals surface area contributed by atoms with Gasteiger partial charge in [-0.25, -0.2) is 9.97 Å². The fourth-order valence-corrected chi connectivity index (χ4v) is 2.01. The van der Waals surface area contributed by atoms with Crippen LogP contribution in [-0.4, -0.2) is 45.8 Å². The summed E-state index contributed by atoms with van der Waals surface area (Å²) in [6, 6.07) is 1.70. The molecule has 2 rings (SSSR count). The Balaban J connectivity index is 2.13. The van der Waals surface area contributed by atoms with Crippen LogP contribution in [0.2, 0.25) is 0 Å². The third-order valence-corrected chi connectivity index (χ3v) is 3.03. The van der Waals surface area contributed by atoms with Gasteiger partial charge in [0, 0.05) is 19.2 Å². The smallest absolute Gasteiger partial charge is 0.325 e. The van der Waals surface area contributed by atoms with E-state index in [9.17, 15) is 4.79 Å². The van der Waals surface area contributed by atoms with E-state index in [-0.39, 0.29) is 12.6 Å². The van der Waals surface area contributed by atoms with Crippen LogP contribution in [0.25, 0.3) is 0 Å². The minimum absolute atomic E-state index is 0.0222. The van der Waals surface area contributed by atoms with Gasteiger partial charge in [0.05, 0.1) is 6.10 Å². The van der Waals surface area contributed by atoms with Gasteiger partial charge in [-0.05, 0) is 20.3 Å². The minimum Gasteiger partial charge on any atom is -0.480 e. The minimum atomic E-state index is -1.20. The molecular weight excluding hydrogens is 248 g/mol. The highest BCUT2D eigenvalue weighted by Gasteiger charge is 2.41. The van der Waals surface area contributed by atoms with Crippen molar-refractivity contribution < 1.29 is 14.6 Å². The van der Waals surface area contributed by atoms with Crippen molar-refractivity contribution in [2.24, 2.45) is 5.73 Å². The van der Waals surface area contributed by atoms with Crippen LogP contribution in [0.1, 0.15) is 20.3 Å². The molecule has 1 atom stereocenters. The first-order chi connectivity index (χ1) is 8.90. The second-order valence-corrected chi connectivity index (χ2v) is 5.01. The Bertz CT molecular complexity index is 480. The average molecular weight is 266 g/mol. The summed E-state index contributed by atoms with van der Waals surface area (Å²) in [5.74, 6) is 0.131. The van der Waals surface area contributed by atoms with Crippen molar-refractivity contribution in [1.82, 2.24) is 9.97 Å². The number of anilines is 1. The SMILES string of the molecule is CC(C)Oc1cc(N2CCC(N)(C(=O)O)C2)ncn1. The molecule has 19 heavy (non-hydrogen) atoms. The van der Waals surface area contributed by atoms with Gasteiger partial charge in [-0.1, -0.05) is 0 Å². The maximum absolute atomic E-state index is 11.1. The van der Waals surface area contributed by atoms with Crippen LogP contribution < -0.4 is 15.4 Å². The van der Waals surface area contributed by atoms with E-state index in [4.69, 9.17) is 15.6 Å². The van der Waals surface area contributed by atoms with Gasteiger partial charge in [0.2, 0.25) is 5.88 Å². The van der Waals surface area contributed by atoms with Crippen molar-refractivity contribution in [3.63, 3.8) is 0 Å². The van der Waals surface area contributed by atoms with Gasteiger partial charge in [0.25, 0.3) is 0 Å². The molecule has 0 spiro atoms. The molecule has 1 unspecified atom stereocenters. The summed E-state index contributed by atoms with van der Waals surface area (Å²) in [5.41, 5.74) is 4.63. The number of rotatable bonds is 4. The van der Waals surface area contributed by atoms with Crippen LogP contribution in [0.5, 0.6) is 5.88 Å². The summed E-state index contributed by atoms with van der Waals surface area (Å²) >= 11 is 0. The van der Waals surface area contributed by atoms with Crippen molar-refractivity contribution >= 4 is 11.8 Å². The maximum atomic E-state index is 11.1. The Hall–Kier alpha value is -1.89. The molecule has 3 N–H and O–H groups in total. The largest absolute Gasteiger partial charge is 0.480 e. The zero-order valence-electron chi connectivity index (χ0n) is 11.0. The van der Waals surface area contributed by atoms with Gasteiger partial charge < -0.3 is 20.5 Å². The first-order valence-corrected chi connectivity index (χ1v) is 6.17. The number of nitrogens with two attached hydrogens (primary N) is 1. The van der Waals surface area contributed by atoms with Gasteiger partial charge in [0.15, 0.2) is 0 Å². The lowest BCUT2D eigenvalue weighted by Gasteiger charge is -2.21. The quantitative estimate of drug-likeness (QED) is 0.805. The normalized spacial score (nSPS) is 22.8. The Kier molecular flexibility index (Phi) is 3.57. The van der Waals surface area contributed by atoms with E-state index in [1.165, 1.54) is 6.33 Å². The molecular formula is C12H18N4O3. The molecule has 7 heteroatoms. The topological polar surface area (TPSA) is 102 Å². The molecule has 1 aromatic heterocycles. The van der Waals surface area contributed by atoms with Crippen LogP contribution in [-0.2, 0) is 4.79 Å². The Morgan fingerprint density at radius 2 is 2.32 bits per heavy atom. The molecule has 0 aromatic carbocycles. The van der Waals surface area contributed by atoms with Crippen molar-refractivity contribution in [2.75, 3.05) is 18.0 Å². The van der Waals surface area contributed by atoms with Crippen molar-refractivity contribution in [3.05, 3.63) is 12.4 Å². The summed E-state index contributed by atoms with van der Waals surface area (Å²) in [4.78, 5) is 21.1. The molecule has 0 aliphatic carbocycles. The zero-order valence-corrected chi connectivity index (χ0v) is 11.0. The van der Waals surface area contributed by atoms with E-state index in [0.29, 0.717) is 24.7 Å². The number of hydrogen-bond donors (Lipinski definition) is 2. The predicted octanol–water partition coefficient (Wildman–Crippen LogP) is 0.256. The molecule has 104 valence electrons. The summed E-state index contributed by atoms with van der Waals surface area (Å²) < 4.78 is 5.49.